The van der Waals surface area contributed by atoms with Crippen LogP contribution < -0.4 is 10.6 Å². The molecule has 3 aromatic carbocycles. The Morgan fingerprint density at radius 2 is 1.40 bits per heavy atom. The van der Waals surface area contributed by atoms with Crippen molar-refractivity contribution in [3.63, 3.8) is 0 Å². The van der Waals surface area contributed by atoms with Crippen LogP contribution in [0.25, 0.3) is 0 Å². The third-order valence-electron chi connectivity index (χ3n) is 7.13. The number of hydrogen-bond donors (Lipinski definition) is 2. The van der Waals surface area contributed by atoms with Crippen LogP contribution in [-0.2, 0) is 33.7 Å². The standard InChI is InChI=1S/C36H47N3O4/c1-6-8-15-24-39(34(41)31(25-28-16-11-9-12-17-28)38-35(42)43-36(3,4)5)32(30-22-20-27(7-2)21-23-30)33(40)37-26-29-18-13-10-14-19-29/h9-14,16-23,31-32H,6-8,15,24-26H2,1-5H3,(H,37,40)(H,38,42). The molecule has 2 N–H and O–H groups in total. The van der Waals surface area contributed by atoms with Gasteiger partial charge in [0.15, 0.2) is 0 Å². The topological polar surface area (TPSA) is 87.7 Å². The SMILES string of the molecule is CCCCCN(C(=O)C(Cc1ccccc1)NC(=O)OC(C)(C)C)C(C(=O)NCc1ccccc1)c1ccc(CC)cc1. The summed E-state index contributed by atoms with van der Waals surface area (Å²) in [5, 5.41) is 5.90. The van der Waals surface area contributed by atoms with Crippen molar-refractivity contribution in [1.29, 1.82) is 0 Å². The maximum absolute atomic E-state index is 14.5. The monoisotopic (exact) mass is 585 g/mol. The number of rotatable bonds is 14. The Hall–Kier alpha value is -4.13. The number of nitrogens with zero attached hydrogens (tertiary/aromatic N) is 1. The van der Waals surface area contributed by atoms with Gasteiger partial charge in [-0.2, -0.15) is 0 Å². The number of unbranched alkanes of at least 4 members (excludes halogenated alkanes) is 2. The van der Waals surface area contributed by atoms with Gasteiger partial charge in [0.25, 0.3) is 0 Å². The lowest BCUT2D eigenvalue weighted by molar-refractivity contribution is -0.142. The molecule has 0 bridgehead atoms. The smallest absolute Gasteiger partial charge is 0.408 e. The second-order valence-electron chi connectivity index (χ2n) is 11.8. The van der Waals surface area contributed by atoms with Gasteiger partial charge >= 0.3 is 6.09 Å². The van der Waals surface area contributed by atoms with Crippen LogP contribution in [-0.4, -0.2) is 41.0 Å². The molecule has 7 nitrogen and oxygen atoms in total. The Kier molecular flexibility index (Phi) is 12.8. The fourth-order valence-corrected chi connectivity index (χ4v) is 4.89. The highest BCUT2D eigenvalue weighted by Crippen LogP contribution is 2.25. The molecule has 0 radical (unpaired) electrons. The summed E-state index contributed by atoms with van der Waals surface area (Å²) in [4.78, 5) is 43.2. The lowest BCUT2D eigenvalue weighted by Crippen LogP contribution is -2.54. The molecule has 230 valence electrons. The van der Waals surface area contributed by atoms with Gasteiger partial charge in [0.1, 0.15) is 17.7 Å². The first-order valence-electron chi connectivity index (χ1n) is 15.4. The first kappa shape index (κ1) is 33.4. The predicted molar refractivity (Wildman–Crippen MR) is 171 cm³/mol. The summed E-state index contributed by atoms with van der Waals surface area (Å²) in [6, 6.07) is 25.3. The van der Waals surface area contributed by atoms with Gasteiger partial charge in [-0.1, -0.05) is 112 Å². The van der Waals surface area contributed by atoms with E-state index in [4.69, 9.17) is 4.74 Å². The third kappa shape index (κ3) is 10.9. The molecule has 3 rings (SSSR count). The Bertz CT molecular complexity index is 1290. The van der Waals surface area contributed by atoms with Gasteiger partial charge in [-0.05, 0) is 55.9 Å². The fourth-order valence-electron chi connectivity index (χ4n) is 4.89. The second-order valence-corrected chi connectivity index (χ2v) is 11.8. The average molecular weight is 586 g/mol. The van der Waals surface area contributed by atoms with Crippen LogP contribution >= 0.6 is 0 Å². The molecule has 0 aliphatic heterocycles. The normalized spacial score (nSPS) is 12.6. The van der Waals surface area contributed by atoms with Crippen LogP contribution in [0.1, 0.15) is 82.2 Å². The maximum Gasteiger partial charge on any atom is 0.408 e. The molecule has 0 fully saturated rings. The third-order valence-corrected chi connectivity index (χ3v) is 7.13. The summed E-state index contributed by atoms with van der Waals surface area (Å²) >= 11 is 0. The number of hydrogen-bond acceptors (Lipinski definition) is 4. The number of carbonyl (C=O) groups is 3. The second kappa shape index (κ2) is 16.5. The van der Waals surface area contributed by atoms with Crippen molar-refractivity contribution in [2.24, 2.45) is 0 Å². The quantitative estimate of drug-likeness (QED) is 0.205. The van der Waals surface area contributed by atoms with Crippen molar-refractivity contribution >= 4 is 17.9 Å². The maximum atomic E-state index is 14.5. The van der Waals surface area contributed by atoms with Crippen molar-refractivity contribution in [3.8, 4) is 0 Å². The molecule has 2 unspecified atom stereocenters. The molecule has 0 heterocycles. The molecule has 7 heteroatoms. The van der Waals surface area contributed by atoms with Gasteiger partial charge in [-0.15, -0.1) is 0 Å². The fraction of sp³-hybridized carbons (Fsp3) is 0.417. The summed E-state index contributed by atoms with van der Waals surface area (Å²) in [6.07, 6.45) is 3.04. The largest absolute Gasteiger partial charge is 0.444 e. The Morgan fingerprint density at radius 3 is 1.95 bits per heavy atom. The summed E-state index contributed by atoms with van der Waals surface area (Å²) in [5.41, 5.74) is 3.00. The zero-order chi connectivity index (χ0) is 31.2. The minimum Gasteiger partial charge on any atom is -0.444 e. The van der Waals surface area contributed by atoms with Crippen LogP contribution in [0.4, 0.5) is 4.79 Å². The van der Waals surface area contributed by atoms with E-state index in [1.165, 1.54) is 0 Å². The summed E-state index contributed by atoms with van der Waals surface area (Å²) in [7, 11) is 0. The van der Waals surface area contributed by atoms with E-state index < -0.39 is 23.8 Å². The van der Waals surface area contributed by atoms with E-state index in [-0.39, 0.29) is 18.2 Å². The lowest BCUT2D eigenvalue weighted by Gasteiger charge is -2.35. The van der Waals surface area contributed by atoms with E-state index in [9.17, 15) is 14.4 Å². The Balaban J connectivity index is 2.01. The molecular formula is C36H47N3O4. The van der Waals surface area contributed by atoms with Crippen LogP contribution in [0.5, 0.6) is 0 Å². The predicted octanol–water partition coefficient (Wildman–Crippen LogP) is 6.76. The van der Waals surface area contributed by atoms with Gasteiger partial charge in [0.05, 0.1) is 0 Å². The molecule has 0 aromatic heterocycles. The van der Waals surface area contributed by atoms with E-state index >= 15 is 0 Å². The summed E-state index contributed by atoms with van der Waals surface area (Å²) < 4.78 is 5.54. The first-order chi connectivity index (χ1) is 20.6. The van der Waals surface area contributed by atoms with Gasteiger partial charge in [0, 0.05) is 19.5 Å². The molecule has 0 aliphatic rings. The van der Waals surface area contributed by atoms with Gasteiger partial charge in [-0.25, -0.2) is 4.79 Å². The molecule has 0 saturated heterocycles. The molecule has 2 atom stereocenters. The average Bonchev–Trinajstić information content (AvgIpc) is 2.99. The number of alkyl carbamates (subject to hydrolysis) is 1. The zero-order valence-corrected chi connectivity index (χ0v) is 26.3. The Labute approximate surface area is 257 Å². The van der Waals surface area contributed by atoms with E-state index in [0.29, 0.717) is 13.1 Å². The number of nitrogens with one attached hydrogen (secondary N) is 2. The van der Waals surface area contributed by atoms with Crippen molar-refractivity contribution < 1.29 is 19.1 Å². The number of carbonyl (C=O) groups excluding carboxylic acids is 3. The molecule has 0 saturated carbocycles. The number of aryl methyl sites for hydroxylation is 1. The van der Waals surface area contributed by atoms with E-state index in [0.717, 1.165) is 47.9 Å². The summed E-state index contributed by atoms with van der Waals surface area (Å²) in [6.45, 7) is 10.2. The van der Waals surface area contributed by atoms with E-state index in [2.05, 4.69) is 24.5 Å². The zero-order valence-electron chi connectivity index (χ0n) is 26.3. The van der Waals surface area contributed by atoms with Crippen LogP contribution in [0.2, 0.25) is 0 Å². The molecule has 43 heavy (non-hydrogen) atoms. The van der Waals surface area contributed by atoms with Crippen molar-refractivity contribution in [2.75, 3.05) is 6.54 Å². The van der Waals surface area contributed by atoms with Crippen molar-refractivity contribution in [3.05, 3.63) is 107 Å². The highest BCUT2D eigenvalue weighted by molar-refractivity contribution is 5.92. The molecule has 0 spiro atoms. The highest BCUT2D eigenvalue weighted by Gasteiger charge is 2.36. The van der Waals surface area contributed by atoms with Crippen LogP contribution in [0, 0.1) is 0 Å². The van der Waals surface area contributed by atoms with E-state index in [1.54, 1.807) is 25.7 Å². The molecular weight excluding hydrogens is 538 g/mol. The van der Waals surface area contributed by atoms with Crippen molar-refractivity contribution in [1.82, 2.24) is 15.5 Å². The minimum atomic E-state index is -0.932. The number of ether oxygens (including phenoxy) is 1. The molecule has 3 aromatic rings. The van der Waals surface area contributed by atoms with E-state index in [1.807, 2.05) is 84.9 Å². The molecule has 0 aliphatic carbocycles. The summed E-state index contributed by atoms with van der Waals surface area (Å²) in [5.74, 6) is -0.598. The van der Waals surface area contributed by atoms with Gasteiger partial charge < -0.3 is 20.3 Å². The Morgan fingerprint density at radius 1 is 0.791 bits per heavy atom. The lowest BCUT2D eigenvalue weighted by atomic mass is 9.98. The minimum absolute atomic E-state index is 0.260. The van der Waals surface area contributed by atoms with Crippen LogP contribution in [0.15, 0.2) is 84.9 Å². The highest BCUT2D eigenvalue weighted by atomic mass is 16.6. The van der Waals surface area contributed by atoms with Gasteiger partial charge in [-0.3, -0.25) is 9.59 Å². The number of benzene rings is 3. The van der Waals surface area contributed by atoms with Gasteiger partial charge in [0.2, 0.25) is 11.8 Å². The van der Waals surface area contributed by atoms with Crippen LogP contribution in [0.3, 0.4) is 0 Å². The number of amides is 3. The molecule has 3 amide bonds. The first-order valence-corrected chi connectivity index (χ1v) is 15.4. The van der Waals surface area contributed by atoms with Crippen molar-refractivity contribution in [2.45, 2.75) is 91.0 Å².